The number of nitrogens with one attached hydrogen (secondary N) is 1. The molecule has 1 heterocycles. The first-order valence-corrected chi connectivity index (χ1v) is 7.62. The van der Waals surface area contributed by atoms with Crippen molar-refractivity contribution in [2.45, 2.75) is 0 Å². The van der Waals surface area contributed by atoms with E-state index in [9.17, 15) is 13.2 Å². The van der Waals surface area contributed by atoms with E-state index in [0.29, 0.717) is 11.0 Å². The van der Waals surface area contributed by atoms with Crippen LogP contribution in [0.1, 0.15) is 0 Å². The molecule has 0 aliphatic rings. The van der Waals surface area contributed by atoms with E-state index in [2.05, 4.69) is 36.8 Å². The number of hydrogen-bond donors (Lipinski definition) is 1. The average molecular weight is 438 g/mol. The van der Waals surface area contributed by atoms with Gasteiger partial charge in [0.05, 0.1) is 25.7 Å². The zero-order valence-electron chi connectivity index (χ0n) is 10.1. The van der Waals surface area contributed by atoms with E-state index >= 15 is 0 Å². The molecule has 3 rings (SSSR count). The van der Waals surface area contributed by atoms with Gasteiger partial charge in [-0.2, -0.15) is 0 Å². The summed E-state index contributed by atoms with van der Waals surface area (Å²) in [7, 11) is 0. The Morgan fingerprint density at radius 3 is 2.24 bits per heavy atom. The van der Waals surface area contributed by atoms with Crippen molar-refractivity contribution in [3.63, 3.8) is 0 Å². The molecule has 0 saturated heterocycles. The van der Waals surface area contributed by atoms with E-state index < -0.39 is 17.5 Å². The monoisotopic (exact) mass is 436 g/mol. The molecule has 108 valence electrons. The molecular weight excluding hydrogens is 433 g/mol. The first-order chi connectivity index (χ1) is 9.88. The molecule has 0 bridgehead atoms. The minimum absolute atomic E-state index is 0.00374. The number of benzene rings is 2. The Kier molecular flexibility index (Phi) is 3.71. The van der Waals surface area contributed by atoms with Crippen molar-refractivity contribution in [1.29, 1.82) is 0 Å². The van der Waals surface area contributed by atoms with Gasteiger partial charge in [-0.3, -0.25) is 4.57 Å². The van der Waals surface area contributed by atoms with Crippen LogP contribution in [0.2, 0.25) is 0 Å². The van der Waals surface area contributed by atoms with Crippen LogP contribution in [0.4, 0.5) is 13.2 Å². The second-order valence-corrected chi connectivity index (χ2v) is 6.36. The Hall–Kier alpha value is -1.12. The number of aromatic amines is 1. The molecule has 21 heavy (non-hydrogen) atoms. The standard InChI is InChI=1S/C13H5Br2F3N2S/c14-5-1-9(18)11(3-7(5)16)20-12-4-8(17)6(15)2-10(12)19-13(20)21/h1-4H,(H,19,21). The highest BCUT2D eigenvalue weighted by molar-refractivity contribution is 9.10. The van der Waals surface area contributed by atoms with E-state index in [0.717, 1.165) is 12.1 Å². The topological polar surface area (TPSA) is 20.7 Å². The molecule has 3 aromatic rings. The lowest BCUT2D eigenvalue weighted by Crippen LogP contribution is -1.99. The molecule has 2 nitrogen and oxygen atoms in total. The van der Waals surface area contributed by atoms with Gasteiger partial charge in [-0.15, -0.1) is 0 Å². The molecule has 0 aliphatic heterocycles. The molecular formula is C13H5Br2F3N2S. The zero-order chi connectivity index (χ0) is 15.3. The summed E-state index contributed by atoms with van der Waals surface area (Å²) >= 11 is 11.1. The first kappa shape index (κ1) is 14.8. The van der Waals surface area contributed by atoms with E-state index in [1.807, 2.05) is 0 Å². The summed E-state index contributed by atoms with van der Waals surface area (Å²) in [5, 5.41) is 0. The van der Waals surface area contributed by atoms with Crippen LogP contribution in [-0.2, 0) is 0 Å². The predicted octanol–water partition coefficient (Wildman–Crippen LogP) is 5.63. The number of rotatable bonds is 1. The number of H-pyrrole nitrogens is 1. The predicted molar refractivity (Wildman–Crippen MR) is 83.7 cm³/mol. The van der Waals surface area contributed by atoms with Gasteiger partial charge in [0.2, 0.25) is 0 Å². The molecule has 0 amide bonds. The first-order valence-electron chi connectivity index (χ1n) is 5.63. The maximum Gasteiger partial charge on any atom is 0.182 e. The van der Waals surface area contributed by atoms with Gasteiger partial charge < -0.3 is 4.98 Å². The van der Waals surface area contributed by atoms with Crippen LogP contribution in [0.15, 0.2) is 33.2 Å². The van der Waals surface area contributed by atoms with Crippen LogP contribution in [0.5, 0.6) is 0 Å². The van der Waals surface area contributed by atoms with Gasteiger partial charge in [-0.05, 0) is 56.2 Å². The number of nitrogens with zero attached hydrogens (tertiary/aromatic N) is 1. The van der Waals surface area contributed by atoms with Gasteiger partial charge in [-0.25, -0.2) is 13.2 Å². The summed E-state index contributed by atoms with van der Waals surface area (Å²) in [6.07, 6.45) is 0. The lowest BCUT2D eigenvalue weighted by molar-refractivity contribution is 0.587. The van der Waals surface area contributed by atoms with Crippen molar-refractivity contribution >= 4 is 55.1 Å². The van der Waals surface area contributed by atoms with Crippen molar-refractivity contribution in [3.05, 3.63) is 55.4 Å². The molecule has 2 aromatic carbocycles. The Bertz CT molecular complexity index is 933. The van der Waals surface area contributed by atoms with Gasteiger partial charge in [-0.1, -0.05) is 0 Å². The summed E-state index contributed by atoms with van der Waals surface area (Å²) in [5.41, 5.74) is 0.742. The summed E-state index contributed by atoms with van der Waals surface area (Å²) in [4.78, 5) is 2.84. The van der Waals surface area contributed by atoms with Gasteiger partial charge in [0.15, 0.2) is 4.77 Å². The second kappa shape index (κ2) is 5.26. The van der Waals surface area contributed by atoms with Crippen molar-refractivity contribution in [3.8, 4) is 5.69 Å². The fourth-order valence-corrected chi connectivity index (χ4v) is 2.99. The highest BCUT2D eigenvalue weighted by Gasteiger charge is 2.15. The van der Waals surface area contributed by atoms with E-state index in [1.165, 1.54) is 16.7 Å². The second-order valence-electron chi connectivity index (χ2n) is 4.27. The Balaban J connectivity index is 2.40. The highest BCUT2D eigenvalue weighted by atomic mass is 79.9. The van der Waals surface area contributed by atoms with E-state index in [4.69, 9.17) is 12.2 Å². The van der Waals surface area contributed by atoms with Gasteiger partial charge >= 0.3 is 0 Å². The number of hydrogen-bond acceptors (Lipinski definition) is 1. The maximum absolute atomic E-state index is 14.1. The number of imidazole rings is 1. The molecule has 1 N–H and O–H groups in total. The van der Waals surface area contributed by atoms with E-state index in [1.54, 1.807) is 0 Å². The lowest BCUT2D eigenvalue weighted by Gasteiger charge is -2.08. The molecule has 0 radical (unpaired) electrons. The third kappa shape index (κ3) is 2.45. The van der Waals surface area contributed by atoms with Crippen molar-refractivity contribution in [2.75, 3.05) is 0 Å². The Morgan fingerprint density at radius 2 is 1.52 bits per heavy atom. The number of fused-ring (bicyclic) bond motifs is 1. The van der Waals surface area contributed by atoms with Gasteiger partial charge in [0.1, 0.15) is 17.5 Å². The van der Waals surface area contributed by atoms with Crippen LogP contribution in [0, 0.1) is 22.2 Å². The summed E-state index contributed by atoms with van der Waals surface area (Å²) in [6, 6.07) is 4.69. The fraction of sp³-hybridized carbons (Fsp3) is 0. The van der Waals surface area contributed by atoms with E-state index in [-0.39, 0.29) is 19.4 Å². The third-order valence-corrected chi connectivity index (χ3v) is 4.45. The van der Waals surface area contributed by atoms with Crippen molar-refractivity contribution in [1.82, 2.24) is 9.55 Å². The fourth-order valence-electron chi connectivity index (χ4n) is 2.02. The van der Waals surface area contributed by atoms with Crippen LogP contribution < -0.4 is 0 Å². The molecule has 0 saturated carbocycles. The Labute approximate surface area is 138 Å². The number of halogens is 5. The zero-order valence-corrected chi connectivity index (χ0v) is 14.0. The SMILES string of the molecule is Fc1cc(-n2c(=S)[nH]c3cc(Br)c(F)cc32)c(F)cc1Br. The minimum atomic E-state index is -0.677. The largest absolute Gasteiger partial charge is 0.330 e. The average Bonchev–Trinajstić information content (AvgIpc) is 2.70. The van der Waals surface area contributed by atoms with Gasteiger partial charge in [0, 0.05) is 12.1 Å². The van der Waals surface area contributed by atoms with Crippen LogP contribution >= 0.6 is 44.1 Å². The van der Waals surface area contributed by atoms with Crippen LogP contribution in [-0.4, -0.2) is 9.55 Å². The molecule has 0 atom stereocenters. The summed E-state index contributed by atoms with van der Waals surface area (Å²) in [5.74, 6) is -1.84. The molecule has 0 unspecified atom stereocenters. The molecule has 8 heteroatoms. The van der Waals surface area contributed by atoms with Crippen LogP contribution in [0.3, 0.4) is 0 Å². The highest BCUT2D eigenvalue weighted by Crippen LogP contribution is 2.28. The normalized spacial score (nSPS) is 11.3. The Morgan fingerprint density at radius 1 is 0.905 bits per heavy atom. The minimum Gasteiger partial charge on any atom is -0.330 e. The van der Waals surface area contributed by atoms with Crippen molar-refractivity contribution in [2.24, 2.45) is 0 Å². The maximum atomic E-state index is 14.1. The van der Waals surface area contributed by atoms with Crippen molar-refractivity contribution < 1.29 is 13.2 Å². The summed E-state index contributed by atoms with van der Waals surface area (Å²) in [6.45, 7) is 0. The molecule has 0 aliphatic carbocycles. The lowest BCUT2D eigenvalue weighted by atomic mass is 10.2. The quantitative estimate of drug-likeness (QED) is 0.386. The van der Waals surface area contributed by atoms with Crippen LogP contribution in [0.25, 0.3) is 16.7 Å². The smallest absolute Gasteiger partial charge is 0.182 e. The molecule has 0 spiro atoms. The number of aromatic nitrogens is 2. The molecule has 0 fully saturated rings. The van der Waals surface area contributed by atoms with Gasteiger partial charge in [0.25, 0.3) is 0 Å². The third-order valence-electron chi connectivity index (χ3n) is 2.95. The molecule has 1 aromatic heterocycles. The summed E-state index contributed by atoms with van der Waals surface area (Å²) < 4.78 is 43.1.